The van der Waals surface area contributed by atoms with E-state index in [0.29, 0.717) is 12.3 Å². The molecular weight excluding hydrogens is 519 g/mol. The molecule has 0 unspecified atom stereocenters. The summed E-state index contributed by atoms with van der Waals surface area (Å²) in [6, 6.07) is 10.3. The van der Waals surface area contributed by atoms with E-state index in [9.17, 15) is 9.59 Å². The number of para-hydroxylation sites is 1. The Balaban J connectivity index is 0.00000363. The number of aliphatic imine (C=N–C) groups is 1. The zero-order valence-electron chi connectivity index (χ0n) is 19.3. The minimum Gasteiger partial charge on any atom is -0.368 e. The van der Waals surface area contributed by atoms with E-state index in [2.05, 4.69) is 37.6 Å². The summed E-state index contributed by atoms with van der Waals surface area (Å²) < 4.78 is 0. The molecular formula is C23H37IN6O2. The van der Waals surface area contributed by atoms with Crippen LogP contribution in [-0.2, 0) is 9.59 Å². The van der Waals surface area contributed by atoms with E-state index < -0.39 is 0 Å². The van der Waals surface area contributed by atoms with Crippen LogP contribution in [0.2, 0.25) is 0 Å². The van der Waals surface area contributed by atoms with Crippen molar-refractivity contribution in [1.29, 1.82) is 0 Å². The van der Waals surface area contributed by atoms with Gasteiger partial charge in [0.15, 0.2) is 5.96 Å². The molecule has 1 aromatic carbocycles. The van der Waals surface area contributed by atoms with Crippen LogP contribution in [0.4, 0.5) is 5.69 Å². The highest BCUT2D eigenvalue weighted by Gasteiger charge is 2.24. The van der Waals surface area contributed by atoms with Gasteiger partial charge in [0.1, 0.15) is 6.54 Å². The first kappa shape index (κ1) is 26.2. The number of benzene rings is 1. The van der Waals surface area contributed by atoms with Gasteiger partial charge in [-0.3, -0.25) is 9.59 Å². The van der Waals surface area contributed by atoms with Crippen molar-refractivity contribution in [2.24, 2.45) is 10.9 Å². The standard InChI is InChI=1S/C23H36N6O2.HI/c1-3-25-23(29-11-9-19(10-12-29)17-21(30)24-2)26-18-22(31)28-15-13-27(14-16-28)20-7-5-4-6-8-20;/h4-8,19H,3,9-18H2,1-2H3,(H,24,30)(H,25,26);1H. The molecule has 2 amide bonds. The third-order valence-electron chi connectivity index (χ3n) is 6.12. The molecule has 178 valence electrons. The van der Waals surface area contributed by atoms with Crippen LogP contribution in [-0.4, -0.2) is 87.0 Å². The van der Waals surface area contributed by atoms with Crippen LogP contribution >= 0.6 is 24.0 Å². The Labute approximate surface area is 208 Å². The molecule has 2 aliphatic rings. The van der Waals surface area contributed by atoms with Gasteiger partial charge in [-0.05, 0) is 37.8 Å². The minimum atomic E-state index is 0. The zero-order chi connectivity index (χ0) is 22.1. The van der Waals surface area contributed by atoms with Crippen LogP contribution in [0.25, 0.3) is 0 Å². The van der Waals surface area contributed by atoms with Crippen LogP contribution in [0.3, 0.4) is 0 Å². The van der Waals surface area contributed by atoms with Gasteiger partial charge in [-0.25, -0.2) is 4.99 Å². The lowest BCUT2D eigenvalue weighted by Crippen LogP contribution is -2.50. The number of piperazine rings is 1. The van der Waals surface area contributed by atoms with Crippen molar-refractivity contribution in [3.63, 3.8) is 0 Å². The Morgan fingerprint density at radius 3 is 2.25 bits per heavy atom. The minimum absolute atomic E-state index is 0. The monoisotopic (exact) mass is 556 g/mol. The fraction of sp³-hybridized carbons (Fsp3) is 0.609. The summed E-state index contributed by atoms with van der Waals surface area (Å²) in [4.78, 5) is 35.5. The lowest BCUT2D eigenvalue weighted by Gasteiger charge is -2.36. The van der Waals surface area contributed by atoms with E-state index in [1.807, 2.05) is 30.0 Å². The molecule has 9 heteroatoms. The number of nitrogens with one attached hydrogen (secondary N) is 2. The van der Waals surface area contributed by atoms with Crippen molar-refractivity contribution < 1.29 is 9.59 Å². The van der Waals surface area contributed by atoms with E-state index in [-0.39, 0.29) is 42.3 Å². The average molecular weight is 556 g/mol. The van der Waals surface area contributed by atoms with Gasteiger partial charge in [-0.15, -0.1) is 24.0 Å². The molecule has 0 aliphatic carbocycles. The number of guanidine groups is 1. The van der Waals surface area contributed by atoms with Crippen LogP contribution in [0.5, 0.6) is 0 Å². The van der Waals surface area contributed by atoms with Gasteiger partial charge < -0.3 is 25.3 Å². The second-order valence-electron chi connectivity index (χ2n) is 8.18. The number of hydrogen-bond acceptors (Lipinski definition) is 4. The van der Waals surface area contributed by atoms with Crippen LogP contribution in [0, 0.1) is 5.92 Å². The fourth-order valence-electron chi connectivity index (χ4n) is 4.23. The van der Waals surface area contributed by atoms with Gasteiger partial charge in [0.25, 0.3) is 0 Å². The third kappa shape index (κ3) is 7.53. The first-order valence-electron chi connectivity index (χ1n) is 11.4. The van der Waals surface area contributed by atoms with Gasteiger partial charge in [0, 0.05) is 65.0 Å². The molecule has 0 spiro atoms. The first-order valence-corrected chi connectivity index (χ1v) is 11.4. The van der Waals surface area contributed by atoms with E-state index in [0.717, 1.165) is 64.6 Å². The summed E-state index contributed by atoms with van der Waals surface area (Å²) in [5.74, 6) is 1.41. The molecule has 8 nitrogen and oxygen atoms in total. The summed E-state index contributed by atoms with van der Waals surface area (Å²) in [7, 11) is 1.69. The number of halogens is 1. The molecule has 2 N–H and O–H groups in total. The number of anilines is 1. The second-order valence-corrected chi connectivity index (χ2v) is 8.18. The van der Waals surface area contributed by atoms with Gasteiger partial charge in [-0.1, -0.05) is 18.2 Å². The highest BCUT2D eigenvalue weighted by molar-refractivity contribution is 14.0. The third-order valence-corrected chi connectivity index (χ3v) is 6.12. The number of rotatable bonds is 6. The summed E-state index contributed by atoms with van der Waals surface area (Å²) in [5.41, 5.74) is 1.21. The number of carbonyl (C=O) groups excluding carboxylic acids is 2. The highest BCUT2D eigenvalue weighted by atomic mass is 127. The SMILES string of the molecule is CCNC(=NCC(=O)N1CCN(c2ccccc2)CC1)N1CCC(CC(=O)NC)CC1.I. The quantitative estimate of drug-likeness (QED) is 0.317. The maximum absolute atomic E-state index is 12.7. The number of amides is 2. The number of hydrogen-bond donors (Lipinski definition) is 2. The molecule has 2 aliphatic heterocycles. The first-order chi connectivity index (χ1) is 15.1. The second kappa shape index (κ2) is 13.5. The number of carbonyl (C=O) groups is 2. The Kier molecular flexibility index (Phi) is 11.1. The van der Waals surface area contributed by atoms with Crippen molar-refractivity contribution in [2.45, 2.75) is 26.2 Å². The maximum Gasteiger partial charge on any atom is 0.244 e. The van der Waals surface area contributed by atoms with Crippen LogP contribution in [0.15, 0.2) is 35.3 Å². The van der Waals surface area contributed by atoms with E-state index in [4.69, 9.17) is 0 Å². The Morgan fingerprint density at radius 1 is 1.00 bits per heavy atom. The average Bonchev–Trinajstić information content (AvgIpc) is 2.82. The van der Waals surface area contributed by atoms with E-state index in [1.54, 1.807) is 7.05 Å². The molecule has 1 aromatic rings. The van der Waals surface area contributed by atoms with Gasteiger partial charge in [0.2, 0.25) is 11.8 Å². The molecule has 2 fully saturated rings. The number of likely N-dealkylation sites (tertiary alicyclic amines) is 1. The van der Waals surface area contributed by atoms with Crippen molar-refractivity contribution in [3.05, 3.63) is 30.3 Å². The molecule has 2 heterocycles. The molecule has 0 radical (unpaired) electrons. The van der Waals surface area contributed by atoms with Crippen LogP contribution < -0.4 is 15.5 Å². The summed E-state index contributed by atoms with van der Waals surface area (Å²) in [6.07, 6.45) is 2.52. The predicted molar refractivity (Wildman–Crippen MR) is 140 cm³/mol. The van der Waals surface area contributed by atoms with Crippen molar-refractivity contribution in [3.8, 4) is 0 Å². The normalized spacial score (nSPS) is 17.6. The van der Waals surface area contributed by atoms with Crippen molar-refractivity contribution >= 4 is 47.4 Å². The Morgan fingerprint density at radius 2 is 1.66 bits per heavy atom. The number of nitrogens with zero attached hydrogens (tertiary/aromatic N) is 4. The lowest BCUT2D eigenvalue weighted by atomic mass is 9.93. The van der Waals surface area contributed by atoms with E-state index >= 15 is 0 Å². The Bertz CT molecular complexity index is 744. The van der Waals surface area contributed by atoms with Gasteiger partial charge >= 0.3 is 0 Å². The van der Waals surface area contributed by atoms with Crippen LogP contribution in [0.1, 0.15) is 26.2 Å². The zero-order valence-corrected chi connectivity index (χ0v) is 21.6. The largest absolute Gasteiger partial charge is 0.368 e. The summed E-state index contributed by atoms with van der Waals surface area (Å²) in [6.45, 7) is 7.84. The van der Waals surface area contributed by atoms with Gasteiger partial charge in [0.05, 0.1) is 0 Å². The summed E-state index contributed by atoms with van der Waals surface area (Å²) in [5, 5.41) is 6.03. The molecule has 32 heavy (non-hydrogen) atoms. The molecule has 3 rings (SSSR count). The molecule has 2 saturated heterocycles. The molecule has 0 atom stereocenters. The molecule has 0 saturated carbocycles. The fourth-order valence-corrected chi connectivity index (χ4v) is 4.23. The maximum atomic E-state index is 12.7. The smallest absolute Gasteiger partial charge is 0.244 e. The van der Waals surface area contributed by atoms with E-state index in [1.165, 1.54) is 5.69 Å². The lowest BCUT2D eigenvalue weighted by molar-refractivity contribution is -0.130. The van der Waals surface area contributed by atoms with Gasteiger partial charge in [-0.2, -0.15) is 0 Å². The van der Waals surface area contributed by atoms with Crippen molar-refractivity contribution in [1.82, 2.24) is 20.4 Å². The topological polar surface area (TPSA) is 80.3 Å². The van der Waals surface area contributed by atoms with Crippen molar-refractivity contribution in [2.75, 3.05) is 64.3 Å². The molecule has 0 bridgehead atoms. The number of piperidine rings is 1. The Hall–Kier alpha value is -2.04. The molecule has 0 aromatic heterocycles. The summed E-state index contributed by atoms with van der Waals surface area (Å²) >= 11 is 0. The highest BCUT2D eigenvalue weighted by Crippen LogP contribution is 2.20. The predicted octanol–water partition coefficient (Wildman–Crippen LogP) is 1.77.